The second-order valence-electron chi connectivity index (χ2n) is 18.2. The number of amides is 1. The number of allylic oxidation sites excluding steroid dienone is 2. The van der Waals surface area contributed by atoms with Gasteiger partial charge in [-0.25, -0.2) is 0 Å². The number of hydrogen-bond donors (Lipinski definition) is 8. The van der Waals surface area contributed by atoms with E-state index in [2.05, 4.69) is 31.3 Å². The topological polar surface area (TPSA) is 189 Å². The zero-order valence-electron chi connectivity index (χ0n) is 39.2. The first-order valence-corrected chi connectivity index (χ1v) is 25.6. The van der Waals surface area contributed by atoms with Gasteiger partial charge in [-0.2, -0.15) is 0 Å². The molecular formula is C50H97NO10. The first-order valence-electron chi connectivity index (χ1n) is 25.6. The molecule has 1 rings (SSSR count). The third-order valence-electron chi connectivity index (χ3n) is 12.6. The standard InChI is InChI=1S/C50H97NO10/c1-3-5-7-9-11-13-15-17-19-20-21-22-24-26-28-30-32-34-36-38-43(54)49(59)51-41(40-60-50-48(58)47(57)46(56)44(39-52)61-50)45(55)42(53)37-35-33-31-29-27-25-23-18-16-14-12-10-8-6-4-2/h21-22,41-48,50,52-58H,3-20,23-40H2,1-2H3,(H,51,59)/b22-21-. The molecule has 0 spiro atoms. The van der Waals surface area contributed by atoms with Crippen LogP contribution in [0.3, 0.4) is 0 Å². The number of nitrogens with one attached hydrogen (secondary N) is 1. The van der Waals surface area contributed by atoms with Gasteiger partial charge in [-0.1, -0.05) is 206 Å². The van der Waals surface area contributed by atoms with Crippen LogP contribution in [0.5, 0.6) is 0 Å². The van der Waals surface area contributed by atoms with Crippen molar-refractivity contribution in [1.82, 2.24) is 5.32 Å². The molecule has 0 aromatic carbocycles. The molecule has 1 aliphatic rings. The minimum Gasteiger partial charge on any atom is -0.394 e. The number of unbranched alkanes of at least 4 members (excludes halogenated alkanes) is 29. The molecule has 9 unspecified atom stereocenters. The van der Waals surface area contributed by atoms with E-state index < -0.39 is 74.2 Å². The van der Waals surface area contributed by atoms with Gasteiger partial charge in [0.15, 0.2) is 6.29 Å². The third kappa shape index (κ3) is 29.8. The number of hydrogen-bond acceptors (Lipinski definition) is 10. The lowest BCUT2D eigenvalue weighted by atomic mass is 9.98. The van der Waals surface area contributed by atoms with Crippen LogP contribution in [0.15, 0.2) is 12.2 Å². The van der Waals surface area contributed by atoms with E-state index in [1.807, 2.05) is 0 Å². The monoisotopic (exact) mass is 872 g/mol. The minimum absolute atomic E-state index is 0.255. The smallest absolute Gasteiger partial charge is 0.249 e. The molecular weight excluding hydrogens is 775 g/mol. The fourth-order valence-corrected chi connectivity index (χ4v) is 8.32. The van der Waals surface area contributed by atoms with Gasteiger partial charge in [0, 0.05) is 0 Å². The first kappa shape index (κ1) is 57.9. The van der Waals surface area contributed by atoms with Crippen LogP contribution in [-0.2, 0) is 14.3 Å². The SMILES string of the molecule is CCCCCCCCCCC/C=C\CCCCCCCCC(O)C(=O)NC(COC1OC(CO)C(O)C(O)C1O)C(O)C(O)CCCCCCCCCCCCCCCCC. The molecule has 11 heteroatoms. The van der Waals surface area contributed by atoms with Gasteiger partial charge in [0.25, 0.3) is 0 Å². The van der Waals surface area contributed by atoms with Crippen LogP contribution in [0.1, 0.15) is 232 Å². The van der Waals surface area contributed by atoms with Crippen molar-refractivity contribution in [2.45, 2.75) is 287 Å². The van der Waals surface area contributed by atoms with Gasteiger partial charge in [-0.15, -0.1) is 0 Å². The summed E-state index contributed by atoms with van der Waals surface area (Å²) in [5.74, 6) is -0.699. The zero-order chi connectivity index (χ0) is 44.8. The molecule has 0 saturated carbocycles. The van der Waals surface area contributed by atoms with Crippen molar-refractivity contribution in [3.05, 3.63) is 12.2 Å². The Kier molecular flexibility index (Phi) is 38.3. The summed E-state index contributed by atoms with van der Waals surface area (Å²) in [4.78, 5) is 13.1. The Balaban J connectivity index is 2.39. The third-order valence-corrected chi connectivity index (χ3v) is 12.6. The first-order chi connectivity index (χ1) is 29.7. The molecule has 0 aromatic rings. The van der Waals surface area contributed by atoms with Crippen LogP contribution in [0, 0.1) is 0 Å². The molecule has 0 bridgehead atoms. The Morgan fingerprint density at radius 3 is 1.38 bits per heavy atom. The summed E-state index contributed by atoms with van der Waals surface area (Å²) in [7, 11) is 0. The molecule has 1 fully saturated rings. The fourth-order valence-electron chi connectivity index (χ4n) is 8.32. The van der Waals surface area contributed by atoms with Gasteiger partial charge in [0.05, 0.1) is 25.4 Å². The van der Waals surface area contributed by atoms with E-state index in [0.717, 1.165) is 51.4 Å². The van der Waals surface area contributed by atoms with Crippen molar-refractivity contribution in [3.63, 3.8) is 0 Å². The Bertz CT molecular complexity index is 1000. The van der Waals surface area contributed by atoms with Gasteiger partial charge in [0.2, 0.25) is 5.91 Å². The molecule has 1 heterocycles. The molecule has 11 nitrogen and oxygen atoms in total. The molecule has 8 N–H and O–H groups in total. The summed E-state index contributed by atoms with van der Waals surface area (Å²) in [6.07, 6.45) is 32.5. The van der Waals surface area contributed by atoms with Crippen LogP contribution < -0.4 is 5.32 Å². The molecule has 1 aliphatic heterocycles. The van der Waals surface area contributed by atoms with E-state index in [9.17, 15) is 40.5 Å². The maximum atomic E-state index is 13.1. The van der Waals surface area contributed by atoms with Gasteiger partial charge >= 0.3 is 0 Å². The molecule has 0 radical (unpaired) electrons. The Labute approximate surface area is 372 Å². The van der Waals surface area contributed by atoms with Crippen molar-refractivity contribution in [2.75, 3.05) is 13.2 Å². The maximum absolute atomic E-state index is 13.1. The lowest BCUT2D eigenvalue weighted by molar-refractivity contribution is -0.303. The Morgan fingerprint density at radius 2 is 0.951 bits per heavy atom. The van der Waals surface area contributed by atoms with Crippen molar-refractivity contribution in [1.29, 1.82) is 0 Å². The van der Waals surface area contributed by atoms with Crippen LogP contribution in [0.25, 0.3) is 0 Å². The molecule has 1 saturated heterocycles. The second kappa shape index (κ2) is 40.4. The molecule has 0 aromatic heterocycles. The van der Waals surface area contributed by atoms with Gasteiger partial charge in [-0.05, 0) is 38.5 Å². The number of carbonyl (C=O) groups excluding carboxylic acids is 1. The summed E-state index contributed by atoms with van der Waals surface area (Å²) >= 11 is 0. The summed E-state index contributed by atoms with van der Waals surface area (Å²) in [5, 5.41) is 75.9. The number of ether oxygens (including phenoxy) is 2. The average molecular weight is 872 g/mol. The van der Waals surface area contributed by atoms with Crippen molar-refractivity contribution < 1.29 is 50.0 Å². The largest absolute Gasteiger partial charge is 0.394 e. The molecule has 362 valence electrons. The predicted octanol–water partition coefficient (Wildman–Crippen LogP) is 9.23. The lowest BCUT2D eigenvalue weighted by Crippen LogP contribution is -2.60. The summed E-state index contributed by atoms with van der Waals surface area (Å²) in [6, 6.07) is -1.17. The number of aliphatic hydroxyl groups is 7. The molecule has 1 amide bonds. The van der Waals surface area contributed by atoms with E-state index in [0.29, 0.717) is 19.3 Å². The van der Waals surface area contributed by atoms with Crippen molar-refractivity contribution >= 4 is 5.91 Å². The quantitative estimate of drug-likeness (QED) is 0.0217. The minimum atomic E-state index is -1.66. The molecule has 9 atom stereocenters. The summed E-state index contributed by atoms with van der Waals surface area (Å²) in [5.41, 5.74) is 0. The summed E-state index contributed by atoms with van der Waals surface area (Å²) < 4.78 is 11.1. The number of rotatable bonds is 43. The van der Waals surface area contributed by atoms with Crippen LogP contribution in [0.4, 0.5) is 0 Å². The highest BCUT2D eigenvalue weighted by Crippen LogP contribution is 2.23. The highest BCUT2D eigenvalue weighted by Gasteiger charge is 2.44. The number of aliphatic hydroxyl groups excluding tert-OH is 7. The maximum Gasteiger partial charge on any atom is 0.249 e. The van der Waals surface area contributed by atoms with E-state index in [1.54, 1.807) is 0 Å². The Morgan fingerprint density at radius 1 is 0.557 bits per heavy atom. The number of carbonyl (C=O) groups is 1. The molecule has 0 aliphatic carbocycles. The van der Waals surface area contributed by atoms with E-state index in [1.165, 1.54) is 141 Å². The lowest BCUT2D eigenvalue weighted by Gasteiger charge is -2.40. The predicted molar refractivity (Wildman–Crippen MR) is 247 cm³/mol. The Hall–Kier alpha value is -1.15. The van der Waals surface area contributed by atoms with Crippen molar-refractivity contribution in [3.8, 4) is 0 Å². The van der Waals surface area contributed by atoms with E-state index >= 15 is 0 Å². The van der Waals surface area contributed by atoms with Crippen LogP contribution in [-0.4, -0.2) is 110 Å². The normalized spacial score (nSPS) is 21.5. The van der Waals surface area contributed by atoms with E-state index in [-0.39, 0.29) is 6.42 Å². The highest BCUT2D eigenvalue weighted by atomic mass is 16.7. The average Bonchev–Trinajstić information content (AvgIpc) is 3.26. The zero-order valence-corrected chi connectivity index (χ0v) is 39.2. The summed E-state index contributed by atoms with van der Waals surface area (Å²) in [6.45, 7) is 3.46. The molecule has 61 heavy (non-hydrogen) atoms. The fraction of sp³-hybridized carbons (Fsp3) is 0.940. The van der Waals surface area contributed by atoms with E-state index in [4.69, 9.17) is 9.47 Å². The van der Waals surface area contributed by atoms with Gasteiger partial charge < -0.3 is 50.5 Å². The van der Waals surface area contributed by atoms with Crippen molar-refractivity contribution in [2.24, 2.45) is 0 Å². The van der Waals surface area contributed by atoms with Gasteiger partial charge in [-0.3, -0.25) is 4.79 Å². The second-order valence-corrected chi connectivity index (χ2v) is 18.2. The van der Waals surface area contributed by atoms with Crippen LogP contribution in [0.2, 0.25) is 0 Å². The van der Waals surface area contributed by atoms with Crippen LogP contribution >= 0.6 is 0 Å². The highest BCUT2D eigenvalue weighted by molar-refractivity contribution is 5.80. The van der Waals surface area contributed by atoms with Gasteiger partial charge in [0.1, 0.15) is 36.6 Å².